The zero-order valence-electron chi connectivity index (χ0n) is 16.5. The zero-order valence-corrected chi connectivity index (χ0v) is 16.5. The molecule has 1 atom stereocenters. The molecule has 0 amide bonds. The highest BCUT2D eigenvalue weighted by Crippen LogP contribution is 2.30. The van der Waals surface area contributed by atoms with Crippen molar-refractivity contribution in [3.8, 4) is 17.1 Å². The Labute approximate surface area is 169 Å². The van der Waals surface area contributed by atoms with Gasteiger partial charge in [-0.2, -0.15) is 0 Å². The van der Waals surface area contributed by atoms with E-state index < -0.39 is 0 Å². The Kier molecular flexibility index (Phi) is 5.84. The summed E-state index contributed by atoms with van der Waals surface area (Å²) in [6, 6.07) is 8.91. The van der Waals surface area contributed by atoms with E-state index in [-0.39, 0.29) is 11.9 Å². The predicted octanol–water partition coefficient (Wildman–Crippen LogP) is 2.57. The number of hydrogen-bond acceptors (Lipinski definition) is 8. The molecule has 29 heavy (non-hydrogen) atoms. The maximum atomic E-state index is 9.89. The van der Waals surface area contributed by atoms with Crippen molar-refractivity contribution in [2.24, 2.45) is 0 Å². The summed E-state index contributed by atoms with van der Waals surface area (Å²) in [6.07, 6.45) is 1.56. The summed E-state index contributed by atoms with van der Waals surface area (Å²) in [6.45, 7) is 3.18. The average molecular weight is 396 g/mol. The van der Waals surface area contributed by atoms with Crippen molar-refractivity contribution in [3.63, 3.8) is 0 Å². The van der Waals surface area contributed by atoms with Crippen LogP contribution in [0.15, 0.2) is 36.5 Å². The van der Waals surface area contributed by atoms with Crippen LogP contribution in [-0.2, 0) is 14.2 Å². The minimum absolute atomic E-state index is 0.172. The molecule has 1 fully saturated rings. The van der Waals surface area contributed by atoms with Crippen LogP contribution in [0.4, 0.5) is 5.82 Å². The lowest BCUT2D eigenvalue weighted by Gasteiger charge is -2.28. The number of aromatic hydroxyl groups is 1. The number of phenols is 1. The summed E-state index contributed by atoms with van der Waals surface area (Å²) in [4.78, 5) is 16.4. The van der Waals surface area contributed by atoms with Crippen LogP contribution in [0.2, 0.25) is 0 Å². The van der Waals surface area contributed by atoms with Gasteiger partial charge in [-0.05, 0) is 18.2 Å². The highest BCUT2D eigenvalue weighted by atomic mass is 16.5. The number of aromatic nitrogens is 3. The molecule has 3 aromatic rings. The first kappa shape index (κ1) is 19.5. The number of hydrogen-bond donors (Lipinski definition) is 1. The maximum absolute atomic E-state index is 9.89. The normalized spacial score (nSPS) is 15.6. The first-order valence-electron chi connectivity index (χ1n) is 9.51. The van der Waals surface area contributed by atoms with Crippen molar-refractivity contribution in [2.75, 3.05) is 52.0 Å². The largest absolute Gasteiger partial charge is 0.508 e. The fraction of sp³-hybridized carbons (Fsp3) is 0.381. The Morgan fingerprint density at radius 1 is 1.17 bits per heavy atom. The van der Waals surface area contributed by atoms with Gasteiger partial charge in [-0.1, -0.05) is 12.1 Å². The van der Waals surface area contributed by atoms with Crippen molar-refractivity contribution < 1.29 is 19.3 Å². The molecule has 1 aliphatic rings. The molecular weight excluding hydrogens is 372 g/mol. The fourth-order valence-electron chi connectivity index (χ4n) is 3.42. The van der Waals surface area contributed by atoms with Crippen LogP contribution in [0.25, 0.3) is 22.4 Å². The van der Waals surface area contributed by atoms with E-state index in [1.165, 1.54) is 0 Å². The van der Waals surface area contributed by atoms with Gasteiger partial charge in [0.25, 0.3) is 0 Å². The van der Waals surface area contributed by atoms with Crippen LogP contribution in [-0.4, -0.2) is 67.2 Å². The molecule has 1 N–H and O–H groups in total. The summed E-state index contributed by atoms with van der Waals surface area (Å²) in [5.74, 6) is 1.48. The molecule has 0 spiro atoms. The SMILES string of the molecule is COCC(OC)c1cnc2c(N3CCOCC3)nc(-c3cccc(O)c3)nc2c1. The van der Waals surface area contributed by atoms with Crippen LogP contribution in [0.5, 0.6) is 5.75 Å². The number of methoxy groups -OCH3 is 2. The number of morpholine rings is 1. The standard InChI is InChI=1S/C21H24N4O4/c1-27-13-18(28-2)15-11-17-19(22-12-15)21(25-6-8-29-9-7-25)24-20(23-17)14-4-3-5-16(26)10-14/h3-5,10-12,18,26H,6-9,13H2,1-2H3. The number of pyridine rings is 1. The van der Waals surface area contributed by atoms with Crippen molar-refractivity contribution in [1.82, 2.24) is 15.0 Å². The first-order valence-corrected chi connectivity index (χ1v) is 9.51. The predicted molar refractivity (Wildman–Crippen MR) is 109 cm³/mol. The summed E-state index contributed by atoms with van der Waals surface area (Å²) >= 11 is 0. The molecule has 152 valence electrons. The molecule has 4 rings (SSSR count). The minimum atomic E-state index is -0.233. The Balaban J connectivity index is 1.86. The fourth-order valence-corrected chi connectivity index (χ4v) is 3.42. The van der Waals surface area contributed by atoms with Gasteiger partial charge in [-0.15, -0.1) is 0 Å². The summed E-state index contributed by atoms with van der Waals surface area (Å²) < 4.78 is 16.3. The lowest BCUT2D eigenvalue weighted by Crippen LogP contribution is -2.37. The highest BCUT2D eigenvalue weighted by Gasteiger charge is 2.21. The van der Waals surface area contributed by atoms with Crippen LogP contribution in [0.1, 0.15) is 11.7 Å². The van der Waals surface area contributed by atoms with E-state index in [0.29, 0.717) is 25.6 Å². The van der Waals surface area contributed by atoms with Crippen LogP contribution >= 0.6 is 0 Å². The van der Waals surface area contributed by atoms with Gasteiger partial charge in [-0.3, -0.25) is 4.98 Å². The van der Waals surface area contributed by atoms with Crippen molar-refractivity contribution in [2.45, 2.75) is 6.10 Å². The summed E-state index contributed by atoms with van der Waals surface area (Å²) in [5.41, 5.74) is 3.07. The molecule has 3 heterocycles. The molecule has 0 bridgehead atoms. The van der Waals surface area contributed by atoms with Gasteiger partial charge in [-0.25, -0.2) is 9.97 Å². The monoisotopic (exact) mass is 396 g/mol. The van der Waals surface area contributed by atoms with Crippen LogP contribution in [0.3, 0.4) is 0 Å². The molecule has 2 aromatic heterocycles. The molecule has 1 unspecified atom stereocenters. The smallest absolute Gasteiger partial charge is 0.162 e. The average Bonchev–Trinajstić information content (AvgIpc) is 2.77. The molecule has 1 aromatic carbocycles. The molecule has 1 aliphatic heterocycles. The third-order valence-electron chi connectivity index (χ3n) is 4.93. The minimum Gasteiger partial charge on any atom is -0.508 e. The van der Waals surface area contributed by atoms with Gasteiger partial charge in [0, 0.05) is 44.6 Å². The molecule has 1 saturated heterocycles. The number of ether oxygens (including phenoxy) is 3. The van der Waals surface area contributed by atoms with Gasteiger partial charge < -0.3 is 24.2 Å². The lowest BCUT2D eigenvalue weighted by atomic mass is 10.1. The number of phenolic OH excluding ortho intramolecular Hbond substituents is 1. The van der Waals surface area contributed by atoms with Gasteiger partial charge in [0.05, 0.1) is 25.3 Å². The maximum Gasteiger partial charge on any atom is 0.162 e. The number of nitrogens with zero attached hydrogens (tertiary/aromatic N) is 4. The van der Waals surface area contributed by atoms with Gasteiger partial charge in [0.2, 0.25) is 0 Å². The number of fused-ring (bicyclic) bond motifs is 1. The Morgan fingerprint density at radius 2 is 2.00 bits per heavy atom. The summed E-state index contributed by atoms with van der Waals surface area (Å²) in [7, 11) is 3.28. The van der Waals surface area contributed by atoms with E-state index in [0.717, 1.165) is 41.1 Å². The zero-order chi connectivity index (χ0) is 20.2. The van der Waals surface area contributed by atoms with Crippen LogP contribution < -0.4 is 4.90 Å². The van der Waals surface area contributed by atoms with Crippen molar-refractivity contribution in [3.05, 3.63) is 42.1 Å². The third kappa shape index (κ3) is 4.14. The third-order valence-corrected chi connectivity index (χ3v) is 4.93. The lowest BCUT2D eigenvalue weighted by molar-refractivity contribution is 0.0274. The van der Waals surface area contributed by atoms with Gasteiger partial charge in [0.15, 0.2) is 11.6 Å². The van der Waals surface area contributed by atoms with Gasteiger partial charge in [0.1, 0.15) is 17.4 Å². The molecule has 0 radical (unpaired) electrons. The van der Waals surface area contributed by atoms with E-state index in [1.807, 2.05) is 12.1 Å². The number of anilines is 1. The van der Waals surface area contributed by atoms with Crippen molar-refractivity contribution >= 4 is 16.9 Å². The van der Waals surface area contributed by atoms with E-state index in [1.54, 1.807) is 38.6 Å². The Bertz CT molecular complexity index is 992. The summed E-state index contributed by atoms with van der Waals surface area (Å²) in [5, 5.41) is 9.89. The molecule has 8 nitrogen and oxygen atoms in total. The topological polar surface area (TPSA) is 89.8 Å². The molecule has 8 heteroatoms. The molecular formula is C21H24N4O4. The number of benzene rings is 1. The van der Waals surface area contributed by atoms with E-state index in [4.69, 9.17) is 24.2 Å². The Morgan fingerprint density at radius 3 is 2.72 bits per heavy atom. The second-order valence-electron chi connectivity index (χ2n) is 6.84. The van der Waals surface area contributed by atoms with E-state index in [9.17, 15) is 5.11 Å². The van der Waals surface area contributed by atoms with Crippen molar-refractivity contribution in [1.29, 1.82) is 0 Å². The van der Waals surface area contributed by atoms with E-state index in [2.05, 4.69) is 9.88 Å². The Hall–Kier alpha value is -2.81. The quantitative estimate of drug-likeness (QED) is 0.680. The van der Waals surface area contributed by atoms with Gasteiger partial charge >= 0.3 is 0 Å². The highest BCUT2D eigenvalue weighted by molar-refractivity contribution is 5.88. The molecule has 0 saturated carbocycles. The second kappa shape index (κ2) is 8.69. The number of rotatable bonds is 6. The van der Waals surface area contributed by atoms with E-state index >= 15 is 0 Å². The second-order valence-corrected chi connectivity index (χ2v) is 6.84. The van der Waals surface area contributed by atoms with Crippen LogP contribution in [0, 0.1) is 0 Å². The first-order chi connectivity index (χ1) is 14.2. The molecule has 0 aliphatic carbocycles.